The van der Waals surface area contributed by atoms with Gasteiger partial charge in [0, 0.05) is 12.4 Å². The van der Waals surface area contributed by atoms with Crippen molar-refractivity contribution in [2.45, 2.75) is 6.92 Å². The third-order valence-corrected chi connectivity index (χ3v) is 4.57. The molecule has 0 saturated heterocycles. The number of nitrogens with one attached hydrogen (secondary N) is 1. The lowest BCUT2D eigenvalue weighted by molar-refractivity contribution is 0.0949. The number of halogens is 2. The Morgan fingerprint density at radius 1 is 1.12 bits per heavy atom. The molecule has 3 rings (SSSR count). The summed E-state index contributed by atoms with van der Waals surface area (Å²) in [5, 5.41) is 9.87. The Balaban J connectivity index is 1.93. The van der Waals surface area contributed by atoms with Gasteiger partial charge in [-0.1, -0.05) is 47.5 Å². The lowest BCUT2D eigenvalue weighted by atomic mass is 10.1. The van der Waals surface area contributed by atoms with Crippen molar-refractivity contribution in [1.29, 1.82) is 0 Å². The number of nitrogens with zero attached hydrogens (tertiary/aromatic N) is 3. The summed E-state index contributed by atoms with van der Waals surface area (Å²) in [6.07, 6.45) is 0. The van der Waals surface area contributed by atoms with Gasteiger partial charge >= 0.3 is 0 Å². The number of aromatic nitrogens is 2. The molecule has 0 radical (unpaired) electrons. The summed E-state index contributed by atoms with van der Waals surface area (Å²) in [5.41, 5.74) is 3.58. The van der Waals surface area contributed by atoms with Crippen LogP contribution in [0.5, 0.6) is 0 Å². The number of rotatable bonds is 3. The number of amides is 1. The average Bonchev–Trinajstić information content (AvgIpc) is 2.64. The van der Waals surface area contributed by atoms with E-state index < -0.39 is 5.91 Å². The Morgan fingerprint density at radius 2 is 1.81 bits per heavy atom. The lowest BCUT2D eigenvalue weighted by Gasteiger charge is -2.07. The van der Waals surface area contributed by atoms with Gasteiger partial charge in [0.05, 0.1) is 21.1 Å². The first-order valence-electron chi connectivity index (χ1n) is 7.64. The molecule has 0 saturated carbocycles. The second kappa shape index (κ2) is 7.27. The monoisotopic (exact) mass is 388 g/mol. The third kappa shape index (κ3) is 3.47. The molecule has 1 N–H and O–H groups in total. The van der Waals surface area contributed by atoms with Gasteiger partial charge in [0.1, 0.15) is 0 Å². The molecule has 0 aliphatic carbocycles. The van der Waals surface area contributed by atoms with E-state index in [2.05, 4.69) is 15.6 Å². The highest BCUT2D eigenvalue weighted by Gasteiger charge is 2.15. The number of fused-ring (bicyclic) bond motifs is 1. The summed E-state index contributed by atoms with van der Waals surface area (Å²) in [4.78, 5) is 24.7. The molecule has 0 atom stereocenters. The number of aryl methyl sites for hydroxylation is 1. The smallest absolute Gasteiger partial charge is 0.267 e. The third-order valence-electron chi connectivity index (χ3n) is 3.83. The Kier molecular flexibility index (Phi) is 5.06. The van der Waals surface area contributed by atoms with Crippen LogP contribution in [0.4, 0.5) is 0 Å². The van der Waals surface area contributed by atoms with E-state index in [0.717, 1.165) is 10.2 Å². The fourth-order valence-electron chi connectivity index (χ4n) is 2.44. The van der Waals surface area contributed by atoms with Gasteiger partial charge in [0.2, 0.25) is 0 Å². The topological polar surface area (TPSA) is 76.3 Å². The van der Waals surface area contributed by atoms with E-state index in [4.69, 9.17) is 23.2 Å². The predicted molar refractivity (Wildman–Crippen MR) is 103 cm³/mol. The van der Waals surface area contributed by atoms with Gasteiger partial charge in [-0.3, -0.25) is 9.59 Å². The number of hydrogen-bond donors (Lipinski definition) is 1. The van der Waals surface area contributed by atoms with Crippen molar-refractivity contribution in [2.24, 2.45) is 12.1 Å². The van der Waals surface area contributed by atoms with Gasteiger partial charge in [0.15, 0.2) is 5.69 Å². The second-order valence-electron chi connectivity index (χ2n) is 5.59. The van der Waals surface area contributed by atoms with E-state index in [1.54, 1.807) is 49.4 Å². The summed E-state index contributed by atoms with van der Waals surface area (Å²) in [6.45, 7) is 1.73. The zero-order chi connectivity index (χ0) is 18.8. The van der Waals surface area contributed by atoms with Crippen LogP contribution in [0.25, 0.3) is 10.8 Å². The molecule has 8 heteroatoms. The van der Waals surface area contributed by atoms with Crippen molar-refractivity contribution >= 4 is 45.6 Å². The minimum Gasteiger partial charge on any atom is -0.267 e. The fraction of sp³-hybridized carbons (Fsp3) is 0.111. The van der Waals surface area contributed by atoms with Crippen LogP contribution in [0.3, 0.4) is 0 Å². The quantitative estimate of drug-likeness (QED) is 0.551. The van der Waals surface area contributed by atoms with E-state index in [1.807, 2.05) is 0 Å². The molecule has 6 nitrogen and oxygen atoms in total. The molecule has 3 aromatic rings. The molecular formula is C18H14Cl2N4O2. The van der Waals surface area contributed by atoms with Gasteiger partial charge in [-0.15, -0.1) is 0 Å². The molecule has 132 valence electrons. The summed E-state index contributed by atoms with van der Waals surface area (Å²) in [5.74, 6) is -0.517. The Morgan fingerprint density at radius 3 is 2.50 bits per heavy atom. The van der Waals surface area contributed by atoms with Crippen LogP contribution in [-0.2, 0) is 7.05 Å². The Hall–Kier alpha value is -2.70. The van der Waals surface area contributed by atoms with Crippen molar-refractivity contribution in [3.63, 3.8) is 0 Å². The van der Waals surface area contributed by atoms with Crippen molar-refractivity contribution in [3.8, 4) is 0 Å². The lowest BCUT2D eigenvalue weighted by Crippen LogP contribution is -2.27. The molecule has 0 spiro atoms. The van der Waals surface area contributed by atoms with E-state index in [-0.39, 0.29) is 11.3 Å². The number of carbonyl (C=O) groups is 1. The normalized spacial score (nSPS) is 11.6. The zero-order valence-electron chi connectivity index (χ0n) is 14.0. The van der Waals surface area contributed by atoms with Crippen LogP contribution in [0.15, 0.2) is 52.4 Å². The number of benzene rings is 2. The zero-order valence-corrected chi connectivity index (χ0v) is 15.5. The highest BCUT2D eigenvalue weighted by Crippen LogP contribution is 2.22. The highest BCUT2D eigenvalue weighted by molar-refractivity contribution is 6.42. The first kappa shape index (κ1) is 18.1. The molecule has 1 aromatic heterocycles. The molecule has 1 amide bonds. The molecular weight excluding hydrogens is 375 g/mol. The van der Waals surface area contributed by atoms with Gasteiger partial charge in [-0.05, 0) is 30.7 Å². The van der Waals surface area contributed by atoms with E-state index in [1.165, 1.54) is 7.05 Å². The van der Waals surface area contributed by atoms with Crippen molar-refractivity contribution < 1.29 is 4.79 Å². The molecule has 0 bridgehead atoms. The number of hydrazone groups is 1. The molecule has 1 heterocycles. The summed E-state index contributed by atoms with van der Waals surface area (Å²) < 4.78 is 1.13. The first-order chi connectivity index (χ1) is 12.4. The largest absolute Gasteiger partial charge is 0.292 e. The van der Waals surface area contributed by atoms with Crippen LogP contribution in [0.2, 0.25) is 10.0 Å². The summed E-state index contributed by atoms with van der Waals surface area (Å²) >= 11 is 11.9. The number of carbonyl (C=O) groups excluding carboxylic acids is 1. The van der Waals surface area contributed by atoms with Crippen LogP contribution < -0.4 is 11.0 Å². The molecule has 26 heavy (non-hydrogen) atoms. The Bertz CT molecular complexity index is 1110. The minimum absolute atomic E-state index is 0.119. The molecule has 2 aromatic carbocycles. The second-order valence-corrected chi connectivity index (χ2v) is 6.40. The van der Waals surface area contributed by atoms with Crippen molar-refractivity contribution in [3.05, 3.63) is 74.1 Å². The molecule has 0 fully saturated rings. The van der Waals surface area contributed by atoms with Crippen molar-refractivity contribution in [2.75, 3.05) is 0 Å². The van der Waals surface area contributed by atoms with Gasteiger partial charge in [-0.25, -0.2) is 10.1 Å². The highest BCUT2D eigenvalue weighted by atomic mass is 35.5. The maximum atomic E-state index is 12.5. The molecule has 0 aliphatic heterocycles. The van der Waals surface area contributed by atoms with Crippen LogP contribution in [-0.4, -0.2) is 21.4 Å². The van der Waals surface area contributed by atoms with Gasteiger partial charge in [-0.2, -0.15) is 10.2 Å². The van der Waals surface area contributed by atoms with Gasteiger partial charge in [0.25, 0.3) is 11.5 Å². The summed E-state index contributed by atoms with van der Waals surface area (Å²) in [6, 6.07) is 11.9. The fourth-order valence-corrected chi connectivity index (χ4v) is 2.74. The SMILES string of the molecule is C/C(=N\NC(=O)c1nn(C)c(=O)c2ccccc12)c1ccc(Cl)c(Cl)c1. The molecule has 0 unspecified atom stereocenters. The van der Waals surface area contributed by atoms with Crippen LogP contribution in [0.1, 0.15) is 23.0 Å². The Labute approximate surface area is 159 Å². The predicted octanol–water partition coefficient (Wildman–Crippen LogP) is 3.39. The standard InChI is InChI=1S/C18H14Cl2N4O2/c1-10(11-7-8-14(19)15(20)9-11)21-22-17(25)16-12-5-3-4-6-13(12)18(26)24(2)23-16/h3-9H,1-2H3,(H,22,25)/b21-10+. The van der Waals surface area contributed by atoms with Crippen LogP contribution >= 0.6 is 23.2 Å². The maximum Gasteiger partial charge on any atom is 0.292 e. The van der Waals surface area contributed by atoms with Crippen LogP contribution in [0, 0.1) is 0 Å². The maximum absolute atomic E-state index is 12.5. The average molecular weight is 389 g/mol. The van der Waals surface area contributed by atoms with Gasteiger partial charge < -0.3 is 0 Å². The summed E-state index contributed by atoms with van der Waals surface area (Å²) in [7, 11) is 1.50. The van der Waals surface area contributed by atoms with Crippen molar-refractivity contribution in [1.82, 2.24) is 15.2 Å². The minimum atomic E-state index is -0.517. The number of hydrogen-bond acceptors (Lipinski definition) is 4. The van der Waals surface area contributed by atoms with E-state index >= 15 is 0 Å². The first-order valence-corrected chi connectivity index (χ1v) is 8.40. The van der Waals surface area contributed by atoms with E-state index in [0.29, 0.717) is 26.5 Å². The van der Waals surface area contributed by atoms with E-state index in [9.17, 15) is 9.59 Å². The molecule has 0 aliphatic rings.